The molecule has 1 heterocycles. The van der Waals surface area contributed by atoms with Gasteiger partial charge in [0.15, 0.2) is 0 Å². The summed E-state index contributed by atoms with van der Waals surface area (Å²) in [5, 5.41) is 3.54. The average molecular weight is 171 g/mol. The molecule has 0 saturated heterocycles. The van der Waals surface area contributed by atoms with E-state index in [1.165, 1.54) is 6.07 Å². The molecule has 60 valence electrons. The zero-order chi connectivity index (χ0) is 8.43. The van der Waals surface area contributed by atoms with Gasteiger partial charge in [0.1, 0.15) is 11.5 Å². The number of nitrogens with zero attached hydrogens (tertiary/aromatic N) is 2. The van der Waals surface area contributed by atoms with Crippen molar-refractivity contribution >= 4 is 23.6 Å². The summed E-state index contributed by atoms with van der Waals surface area (Å²) in [4.78, 5) is 10.7. The quantitative estimate of drug-likeness (QED) is 0.639. The highest BCUT2D eigenvalue weighted by Gasteiger charge is 2.07. The summed E-state index contributed by atoms with van der Waals surface area (Å²) in [6, 6.07) is 1.51. The van der Waals surface area contributed by atoms with Crippen molar-refractivity contribution in [1.29, 1.82) is 0 Å². The monoisotopic (exact) mass is 171 g/mol. The second-order valence-electron chi connectivity index (χ2n) is 2.08. The number of aromatic nitrogens is 2. The van der Waals surface area contributed by atoms with E-state index in [9.17, 15) is 4.79 Å². The fourth-order valence-electron chi connectivity index (χ4n) is 0.789. The molecule has 11 heavy (non-hydrogen) atoms. The maximum atomic E-state index is 10.7. The Hall–Kier alpha value is -0.970. The molecule has 0 spiro atoms. The Morgan fingerprint density at radius 3 is 2.82 bits per heavy atom. The third-order valence-electron chi connectivity index (χ3n) is 1.33. The van der Waals surface area contributed by atoms with Crippen LogP contribution in [0.5, 0.6) is 0 Å². The lowest BCUT2D eigenvalue weighted by molar-refractivity contribution is 0.108. The molecule has 0 bridgehead atoms. The molecular formula is C6H9N3OS. The van der Waals surface area contributed by atoms with E-state index in [4.69, 9.17) is 5.73 Å². The number of nitrogen functional groups attached to an aromatic ring is 1. The van der Waals surface area contributed by atoms with E-state index in [1.54, 1.807) is 4.68 Å². The van der Waals surface area contributed by atoms with Gasteiger partial charge >= 0.3 is 0 Å². The predicted octanol–water partition coefficient (Wildman–Crippen LogP) is 0.555. The molecule has 0 aliphatic heterocycles. The summed E-state index contributed by atoms with van der Waals surface area (Å²) in [5.74, 6) is 0.491. The fraction of sp³-hybridized carbons (Fsp3) is 0.333. The number of thiol groups is 1. The molecule has 0 aromatic carbocycles. The van der Waals surface area contributed by atoms with Crippen LogP contribution in [0.4, 0.5) is 5.82 Å². The lowest BCUT2D eigenvalue weighted by atomic mass is 10.5. The number of carbonyl (C=O) groups excluding carboxylic acids is 1. The third-order valence-corrected chi connectivity index (χ3v) is 1.56. The smallest absolute Gasteiger partial charge is 0.236 e. The van der Waals surface area contributed by atoms with Gasteiger partial charge in [-0.3, -0.25) is 4.79 Å². The van der Waals surface area contributed by atoms with Crippen molar-refractivity contribution in [3.8, 4) is 0 Å². The normalized spacial score (nSPS) is 10.0. The molecule has 0 atom stereocenters. The zero-order valence-corrected chi connectivity index (χ0v) is 7.01. The van der Waals surface area contributed by atoms with Gasteiger partial charge < -0.3 is 5.73 Å². The summed E-state index contributed by atoms with van der Waals surface area (Å²) in [6.07, 6.45) is 0. The molecule has 0 fully saturated rings. The van der Waals surface area contributed by atoms with Crippen LogP contribution in [0, 0.1) is 0 Å². The van der Waals surface area contributed by atoms with Crippen LogP contribution in [0.1, 0.15) is 17.4 Å². The van der Waals surface area contributed by atoms with E-state index >= 15 is 0 Å². The van der Waals surface area contributed by atoms with E-state index in [0.29, 0.717) is 18.1 Å². The highest BCUT2D eigenvalue weighted by Crippen LogP contribution is 2.07. The second-order valence-corrected chi connectivity index (χ2v) is 2.48. The summed E-state index contributed by atoms with van der Waals surface area (Å²) >= 11 is 3.62. The first kappa shape index (κ1) is 8.13. The lowest BCUT2D eigenvalue weighted by Gasteiger charge is -1.95. The first-order chi connectivity index (χ1) is 5.15. The number of anilines is 1. The molecule has 0 radical (unpaired) electrons. The van der Waals surface area contributed by atoms with Crippen molar-refractivity contribution in [2.24, 2.45) is 0 Å². The van der Waals surface area contributed by atoms with Crippen LogP contribution in [0.3, 0.4) is 0 Å². The summed E-state index contributed by atoms with van der Waals surface area (Å²) in [5.41, 5.74) is 5.80. The maximum absolute atomic E-state index is 10.7. The van der Waals surface area contributed by atoms with E-state index < -0.39 is 0 Å². The van der Waals surface area contributed by atoms with Gasteiger partial charge in [0.2, 0.25) is 5.12 Å². The van der Waals surface area contributed by atoms with Crippen LogP contribution >= 0.6 is 12.6 Å². The summed E-state index contributed by atoms with van der Waals surface area (Å²) in [6.45, 7) is 2.56. The number of aryl methyl sites for hydroxylation is 1. The minimum atomic E-state index is -0.357. The van der Waals surface area contributed by atoms with Crippen molar-refractivity contribution in [3.63, 3.8) is 0 Å². The molecule has 0 saturated carbocycles. The van der Waals surface area contributed by atoms with E-state index in [-0.39, 0.29) is 5.12 Å². The lowest BCUT2D eigenvalue weighted by Crippen LogP contribution is -2.02. The Labute approximate surface area is 69.8 Å². The molecule has 5 heteroatoms. The van der Waals surface area contributed by atoms with Gasteiger partial charge in [-0.1, -0.05) is 12.6 Å². The predicted molar refractivity (Wildman–Crippen MR) is 45.6 cm³/mol. The van der Waals surface area contributed by atoms with Crippen LogP contribution < -0.4 is 5.73 Å². The van der Waals surface area contributed by atoms with E-state index in [2.05, 4.69) is 17.7 Å². The molecule has 1 rings (SSSR count). The van der Waals surface area contributed by atoms with E-state index in [1.807, 2.05) is 6.92 Å². The Morgan fingerprint density at radius 1 is 1.91 bits per heavy atom. The molecule has 1 aromatic heterocycles. The largest absolute Gasteiger partial charge is 0.384 e. The van der Waals surface area contributed by atoms with Gasteiger partial charge in [-0.15, -0.1) is 0 Å². The van der Waals surface area contributed by atoms with Gasteiger partial charge in [0.25, 0.3) is 0 Å². The number of hydrogen-bond acceptors (Lipinski definition) is 3. The Kier molecular flexibility index (Phi) is 2.19. The van der Waals surface area contributed by atoms with Gasteiger partial charge in [-0.05, 0) is 6.92 Å². The molecule has 0 amide bonds. The fourth-order valence-corrected chi connectivity index (χ4v) is 0.898. The number of rotatable bonds is 2. The van der Waals surface area contributed by atoms with Gasteiger partial charge in [0.05, 0.1) is 0 Å². The van der Waals surface area contributed by atoms with Gasteiger partial charge in [0, 0.05) is 12.6 Å². The van der Waals surface area contributed by atoms with Crippen LogP contribution in [-0.2, 0) is 6.54 Å². The molecular weight excluding hydrogens is 162 g/mol. The van der Waals surface area contributed by atoms with Gasteiger partial charge in [-0.2, -0.15) is 5.10 Å². The summed E-state index contributed by atoms with van der Waals surface area (Å²) in [7, 11) is 0. The standard InChI is InChI=1S/C6H9N3OS/c1-2-9-5(7)3-4(8-9)6(10)11/h3H,2,7H2,1H3,(H,10,11). The highest BCUT2D eigenvalue weighted by molar-refractivity contribution is 7.97. The van der Waals surface area contributed by atoms with Crippen molar-refractivity contribution in [3.05, 3.63) is 11.8 Å². The molecule has 4 nitrogen and oxygen atoms in total. The van der Waals surface area contributed by atoms with Gasteiger partial charge in [-0.25, -0.2) is 4.68 Å². The minimum absolute atomic E-state index is 0.299. The Bertz CT molecular complexity index is 281. The summed E-state index contributed by atoms with van der Waals surface area (Å²) < 4.78 is 1.55. The van der Waals surface area contributed by atoms with E-state index in [0.717, 1.165) is 0 Å². The Balaban J connectivity index is 3.05. The number of hydrogen-bond donors (Lipinski definition) is 2. The second kappa shape index (κ2) is 2.96. The molecule has 0 aliphatic rings. The Morgan fingerprint density at radius 2 is 2.55 bits per heavy atom. The third kappa shape index (κ3) is 1.54. The first-order valence-electron chi connectivity index (χ1n) is 3.21. The maximum Gasteiger partial charge on any atom is 0.236 e. The van der Waals surface area contributed by atoms with Crippen LogP contribution in [0.25, 0.3) is 0 Å². The first-order valence-corrected chi connectivity index (χ1v) is 3.66. The average Bonchev–Trinajstić information content (AvgIpc) is 2.31. The molecule has 2 N–H and O–H groups in total. The minimum Gasteiger partial charge on any atom is -0.384 e. The van der Waals surface area contributed by atoms with Crippen molar-refractivity contribution in [1.82, 2.24) is 9.78 Å². The van der Waals surface area contributed by atoms with Crippen LogP contribution in [-0.4, -0.2) is 14.9 Å². The number of carbonyl (C=O) groups is 1. The van der Waals surface area contributed by atoms with Crippen LogP contribution in [0.2, 0.25) is 0 Å². The molecule has 0 unspecified atom stereocenters. The highest BCUT2D eigenvalue weighted by atomic mass is 32.1. The van der Waals surface area contributed by atoms with Crippen molar-refractivity contribution in [2.45, 2.75) is 13.5 Å². The molecule has 1 aromatic rings. The number of nitrogens with two attached hydrogens (primary N) is 1. The molecule has 0 aliphatic carbocycles. The zero-order valence-electron chi connectivity index (χ0n) is 6.11. The van der Waals surface area contributed by atoms with Crippen molar-refractivity contribution < 1.29 is 4.79 Å². The van der Waals surface area contributed by atoms with Crippen molar-refractivity contribution in [2.75, 3.05) is 5.73 Å². The topological polar surface area (TPSA) is 60.9 Å². The SMILES string of the molecule is CCn1nc(C(=O)S)cc1N. The van der Waals surface area contributed by atoms with Crippen LogP contribution in [0.15, 0.2) is 6.07 Å².